The first-order chi connectivity index (χ1) is 18.3. The largest absolute Gasteiger partial charge is 0.493 e. The summed E-state index contributed by atoms with van der Waals surface area (Å²) in [6.07, 6.45) is 7.38. The van der Waals surface area contributed by atoms with Crippen molar-refractivity contribution in [2.45, 2.75) is 56.9 Å². The van der Waals surface area contributed by atoms with Crippen LogP contribution < -0.4 is 10.3 Å². The lowest BCUT2D eigenvalue weighted by atomic mass is 9.99. The lowest BCUT2D eigenvalue weighted by molar-refractivity contribution is 0.255. The summed E-state index contributed by atoms with van der Waals surface area (Å²) < 4.78 is 36.9. The number of aryl methyl sites for hydroxylation is 2. The fourth-order valence-electron chi connectivity index (χ4n) is 5.15. The standard InChI is InChI=1S/C27H32N6O4S/c1-4-9-21-24-25(32(3)31-21)27(34)30-26(29-24)20-16-19(12-13-23(20)37-5-2)38(35,36)33-15-7-6-11-22(33)18-10-8-14-28-17-18/h8,10,12-14,16-17,22H,4-7,9,11,15H2,1-3H3,(H,29,30,34)/t22-/m0/s1. The van der Waals surface area contributed by atoms with E-state index < -0.39 is 10.0 Å². The number of nitrogens with zero attached hydrogens (tertiary/aromatic N) is 5. The Morgan fingerprint density at radius 3 is 2.76 bits per heavy atom. The first-order valence-electron chi connectivity index (χ1n) is 13.0. The quantitative estimate of drug-likeness (QED) is 0.361. The molecule has 3 aromatic heterocycles. The second-order valence-electron chi connectivity index (χ2n) is 9.44. The highest BCUT2D eigenvalue weighted by atomic mass is 32.2. The Labute approximate surface area is 221 Å². The van der Waals surface area contributed by atoms with Gasteiger partial charge in [-0.05, 0) is 56.0 Å². The number of nitrogens with one attached hydrogen (secondary N) is 1. The summed E-state index contributed by atoms with van der Waals surface area (Å²) in [7, 11) is -2.16. The first-order valence-corrected chi connectivity index (χ1v) is 14.4. The van der Waals surface area contributed by atoms with Crippen LogP contribution in [0.5, 0.6) is 5.75 Å². The Morgan fingerprint density at radius 2 is 2.03 bits per heavy atom. The van der Waals surface area contributed by atoms with E-state index in [-0.39, 0.29) is 22.3 Å². The highest BCUT2D eigenvalue weighted by Gasteiger charge is 2.35. The van der Waals surface area contributed by atoms with Crippen LogP contribution in [-0.2, 0) is 23.5 Å². The van der Waals surface area contributed by atoms with Crippen LogP contribution in [0.2, 0.25) is 0 Å². The third-order valence-electron chi connectivity index (χ3n) is 6.88. The van der Waals surface area contributed by atoms with Gasteiger partial charge in [-0.3, -0.25) is 14.5 Å². The topological polar surface area (TPSA) is 123 Å². The summed E-state index contributed by atoms with van der Waals surface area (Å²) in [5.41, 5.74) is 2.56. The van der Waals surface area contributed by atoms with Gasteiger partial charge in [0.25, 0.3) is 5.56 Å². The average molecular weight is 537 g/mol. The van der Waals surface area contributed by atoms with Crippen molar-refractivity contribution in [2.24, 2.45) is 7.05 Å². The van der Waals surface area contributed by atoms with Gasteiger partial charge in [0.1, 0.15) is 17.1 Å². The predicted molar refractivity (Wildman–Crippen MR) is 144 cm³/mol. The maximum Gasteiger partial charge on any atom is 0.277 e. The summed E-state index contributed by atoms with van der Waals surface area (Å²) in [5, 5.41) is 4.48. The Bertz CT molecular complexity index is 1610. The number of piperidine rings is 1. The maximum atomic E-state index is 14.0. The lowest BCUT2D eigenvalue weighted by Gasteiger charge is -2.35. The van der Waals surface area contributed by atoms with E-state index in [9.17, 15) is 13.2 Å². The number of rotatable bonds is 8. The molecular weight excluding hydrogens is 504 g/mol. The molecule has 1 fully saturated rings. The van der Waals surface area contributed by atoms with E-state index >= 15 is 0 Å². The second-order valence-corrected chi connectivity index (χ2v) is 11.3. The number of aromatic amines is 1. The SMILES string of the molecule is CCCc1nn(C)c2c(=O)[nH]c(-c3cc(S(=O)(=O)N4CCCC[C@H]4c4cccnc4)ccc3OCC)nc12. The van der Waals surface area contributed by atoms with Gasteiger partial charge in [-0.15, -0.1) is 0 Å². The molecule has 1 saturated heterocycles. The molecule has 5 rings (SSSR count). The molecule has 0 saturated carbocycles. The van der Waals surface area contributed by atoms with Crippen molar-refractivity contribution in [3.8, 4) is 17.1 Å². The number of pyridine rings is 1. The highest BCUT2D eigenvalue weighted by molar-refractivity contribution is 7.89. The van der Waals surface area contributed by atoms with E-state index in [4.69, 9.17) is 9.72 Å². The average Bonchev–Trinajstić information content (AvgIpc) is 3.25. The van der Waals surface area contributed by atoms with E-state index in [0.29, 0.717) is 41.9 Å². The lowest BCUT2D eigenvalue weighted by Crippen LogP contribution is -2.38. The zero-order valence-corrected chi connectivity index (χ0v) is 22.7. The van der Waals surface area contributed by atoms with Gasteiger partial charge in [-0.2, -0.15) is 9.40 Å². The molecule has 11 heteroatoms. The van der Waals surface area contributed by atoms with Crippen LogP contribution in [0.4, 0.5) is 0 Å². The molecule has 1 aliphatic rings. The Morgan fingerprint density at radius 1 is 1.18 bits per heavy atom. The number of hydrogen-bond donors (Lipinski definition) is 1. The number of fused-ring (bicyclic) bond motifs is 1. The van der Waals surface area contributed by atoms with Crippen LogP contribution in [0.3, 0.4) is 0 Å². The molecule has 4 aromatic rings. The fourth-order valence-corrected chi connectivity index (χ4v) is 6.86. The van der Waals surface area contributed by atoms with Gasteiger partial charge in [-0.1, -0.05) is 25.8 Å². The number of hydrogen-bond acceptors (Lipinski definition) is 7. The molecule has 4 heterocycles. The van der Waals surface area contributed by atoms with Gasteiger partial charge in [0, 0.05) is 26.0 Å². The third-order valence-corrected chi connectivity index (χ3v) is 8.79. The summed E-state index contributed by atoms with van der Waals surface area (Å²) >= 11 is 0. The molecule has 0 amide bonds. The molecule has 200 valence electrons. The Hall–Kier alpha value is -3.57. The summed E-state index contributed by atoms with van der Waals surface area (Å²) in [5.74, 6) is 0.688. The summed E-state index contributed by atoms with van der Waals surface area (Å²) in [4.78, 5) is 25.0. The minimum Gasteiger partial charge on any atom is -0.493 e. The molecule has 1 atom stereocenters. The van der Waals surface area contributed by atoms with Crippen molar-refractivity contribution in [2.75, 3.05) is 13.2 Å². The number of ether oxygens (including phenoxy) is 1. The maximum absolute atomic E-state index is 14.0. The molecule has 1 aliphatic heterocycles. The van der Waals surface area contributed by atoms with E-state index in [2.05, 4.69) is 15.1 Å². The van der Waals surface area contributed by atoms with Gasteiger partial charge in [0.15, 0.2) is 5.52 Å². The van der Waals surface area contributed by atoms with Crippen molar-refractivity contribution in [3.63, 3.8) is 0 Å². The molecule has 0 unspecified atom stereocenters. The van der Waals surface area contributed by atoms with Crippen LogP contribution in [0.1, 0.15) is 56.8 Å². The van der Waals surface area contributed by atoms with Gasteiger partial charge >= 0.3 is 0 Å². The van der Waals surface area contributed by atoms with Crippen LogP contribution in [-0.4, -0.2) is 50.6 Å². The number of H-pyrrole nitrogens is 1. The molecule has 0 bridgehead atoms. The Kier molecular flexibility index (Phi) is 7.31. The van der Waals surface area contributed by atoms with Gasteiger partial charge in [0.05, 0.1) is 28.8 Å². The van der Waals surface area contributed by atoms with Gasteiger partial charge < -0.3 is 9.72 Å². The van der Waals surface area contributed by atoms with E-state index in [1.807, 2.05) is 26.0 Å². The van der Waals surface area contributed by atoms with Gasteiger partial charge in [0.2, 0.25) is 10.0 Å². The fraction of sp³-hybridized carbons (Fsp3) is 0.407. The van der Waals surface area contributed by atoms with Crippen LogP contribution in [0, 0.1) is 0 Å². The van der Waals surface area contributed by atoms with E-state index in [1.54, 1.807) is 41.9 Å². The minimum atomic E-state index is -3.87. The molecule has 1 aromatic carbocycles. The minimum absolute atomic E-state index is 0.120. The van der Waals surface area contributed by atoms with Crippen molar-refractivity contribution >= 4 is 21.1 Å². The molecule has 0 aliphatic carbocycles. The van der Waals surface area contributed by atoms with Gasteiger partial charge in [-0.25, -0.2) is 13.4 Å². The first kappa shape index (κ1) is 26.1. The van der Waals surface area contributed by atoms with Crippen molar-refractivity contribution in [1.29, 1.82) is 0 Å². The van der Waals surface area contributed by atoms with Crippen molar-refractivity contribution in [3.05, 3.63) is 64.3 Å². The molecule has 10 nitrogen and oxygen atoms in total. The highest BCUT2D eigenvalue weighted by Crippen LogP contribution is 2.37. The smallest absolute Gasteiger partial charge is 0.277 e. The number of aromatic nitrogens is 5. The normalized spacial score (nSPS) is 16.7. The molecule has 0 radical (unpaired) electrons. The van der Waals surface area contributed by atoms with E-state index in [1.165, 1.54) is 4.68 Å². The zero-order chi connectivity index (χ0) is 26.9. The molecule has 38 heavy (non-hydrogen) atoms. The Balaban J connectivity index is 1.63. The third kappa shape index (κ3) is 4.71. The zero-order valence-electron chi connectivity index (χ0n) is 21.8. The van der Waals surface area contributed by atoms with Crippen molar-refractivity contribution < 1.29 is 13.2 Å². The predicted octanol–water partition coefficient (Wildman–Crippen LogP) is 3.99. The summed E-state index contributed by atoms with van der Waals surface area (Å²) in [6, 6.07) is 8.19. The number of benzene rings is 1. The number of sulfonamides is 1. The van der Waals surface area contributed by atoms with E-state index in [0.717, 1.165) is 36.9 Å². The second kappa shape index (κ2) is 10.7. The molecule has 0 spiro atoms. The van der Waals surface area contributed by atoms with Crippen molar-refractivity contribution in [1.82, 2.24) is 29.0 Å². The molecule has 1 N–H and O–H groups in total. The monoisotopic (exact) mass is 536 g/mol. The van der Waals surface area contributed by atoms with Crippen LogP contribution in [0.25, 0.3) is 22.4 Å². The summed E-state index contributed by atoms with van der Waals surface area (Å²) in [6.45, 7) is 4.67. The molecular formula is C27H32N6O4S. The van der Waals surface area contributed by atoms with Crippen LogP contribution in [0.15, 0.2) is 52.4 Å². The van der Waals surface area contributed by atoms with Crippen LogP contribution >= 0.6 is 0 Å².